The third-order valence-corrected chi connectivity index (χ3v) is 4.50. The lowest BCUT2D eigenvalue weighted by atomic mass is 10.0. The highest BCUT2D eigenvalue weighted by Crippen LogP contribution is 2.30. The number of amides is 2. The fraction of sp³-hybridized carbons (Fsp3) is 0.421. The van der Waals surface area contributed by atoms with Gasteiger partial charge in [0.2, 0.25) is 0 Å². The summed E-state index contributed by atoms with van der Waals surface area (Å²) in [6.45, 7) is 3.70. The molecule has 0 unspecified atom stereocenters. The molecule has 0 aliphatic carbocycles. The lowest BCUT2D eigenvalue weighted by molar-refractivity contribution is -0.171. The molecule has 2 amide bonds. The van der Waals surface area contributed by atoms with Crippen molar-refractivity contribution in [3.63, 3.8) is 0 Å². The van der Waals surface area contributed by atoms with Gasteiger partial charge in [-0.2, -0.15) is 5.06 Å². The van der Waals surface area contributed by atoms with Crippen molar-refractivity contribution in [1.82, 2.24) is 9.96 Å². The number of ether oxygens (including phenoxy) is 2. The maximum absolute atomic E-state index is 12.6. The molecule has 3 rings (SSSR count). The van der Waals surface area contributed by atoms with Crippen LogP contribution in [0.15, 0.2) is 43.0 Å². The Hall–Kier alpha value is -2.87. The largest absolute Gasteiger partial charge is 0.460 e. The number of hydrogen-bond donors (Lipinski definition) is 0. The Morgan fingerprint density at radius 1 is 1.19 bits per heavy atom. The topological polar surface area (TPSA) is 85.4 Å². The number of carbonyl (C=O) groups excluding carboxylic acids is 3. The highest BCUT2D eigenvalue weighted by Gasteiger charge is 2.48. The van der Waals surface area contributed by atoms with Gasteiger partial charge < -0.3 is 14.4 Å². The molecule has 8 nitrogen and oxygen atoms in total. The quantitative estimate of drug-likeness (QED) is 0.508. The van der Waals surface area contributed by atoms with Gasteiger partial charge in [-0.15, -0.1) is 0 Å². The van der Waals surface area contributed by atoms with Crippen molar-refractivity contribution in [3.05, 3.63) is 48.6 Å². The second-order valence-electron chi connectivity index (χ2n) is 6.35. The molecule has 144 valence electrons. The van der Waals surface area contributed by atoms with E-state index in [4.69, 9.17) is 14.3 Å². The maximum Gasteiger partial charge on any atom is 0.345 e. The Morgan fingerprint density at radius 2 is 1.96 bits per heavy atom. The predicted molar refractivity (Wildman–Crippen MR) is 94.1 cm³/mol. The van der Waals surface area contributed by atoms with Crippen molar-refractivity contribution >= 4 is 18.0 Å². The molecule has 0 radical (unpaired) electrons. The van der Waals surface area contributed by atoms with Crippen LogP contribution in [0.4, 0.5) is 4.79 Å². The Kier molecular flexibility index (Phi) is 6.08. The van der Waals surface area contributed by atoms with Gasteiger partial charge in [0.25, 0.3) is 0 Å². The number of urea groups is 1. The van der Waals surface area contributed by atoms with E-state index in [1.54, 1.807) is 0 Å². The van der Waals surface area contributed by atoms with Crippen molar-refractivity contribution in [1.29, 1.82) is 0 Å². The molecule has 2 bridgehead atoms. The van der Waals surface area contributed by atoms with E-state index in [0.29, 0.717) is 19.4 Å². The van der Waals surface area contributed by atoms with E-state index >= 15 is 0 Å². The molecule has 2 aliphatic heterocycles. The first-order valence-corrected chi connectivity index (χ1v) is 8.80. The molecule has 2 atom stereocenters. The van der Waals surface area contributed by atoms with Gasteiger partial charge in [-0.25, -0.2) is 14.4 Å². The number of fused-ring (bicyclic) bond motifs is 2. The van der Waals surface area contributed by atoms with Crippen LogP contribution in [0.2, 0.25) is 0 Å². The number of rotatable bonds is 8. The molecule has 8 heteroatoms. The number of nitrogens with zero attached hydrogens (tertiary/aromatic N) is 2. The van der Waals surface area contributed by atoms with Crippen LogP contribution in [0.3, 0.4) is 0 Å². The summed E-state index contributed by atoms with van der Waals surface area (Å²) >= 11 is 0. The summed E-state index contributed by atoms with van der Waals surface area (Å²) in [5.74, 6) is -1.02. The number of carbonyl (C=O) groups is 3. The fourth-order valence-electron chi connectivity index (χ4n) is 3.18. The van der Waals surface area contributed by atoms with Gasteiger partial charge in [0.15, 0.2) is 6.61 Å². The molecule has 2 heterocycles. The predicted octanol–water partition coefficient (Wildman–Crippen LogP) is 1.66. The minimum atomic E-state index is -0.640. The lowest BCUT2D eigenvalue weighted by Crippen LogP contribution is -2.45. The van der Waals surface area contributed by atoms with E-state index in [1.807, 2.05) is 30.3 Å². The fourth-order valence-corrected chi connectivity index (χ4v) is 3.18. The van der Waals surface area contributed by atoms with E-state index in [1.165, 1.54) is 16.0 Å². The molecule has 0 saturated carbocycles. The van der Waals surface area contributed by atoms with Gasteiger partial charge in [-0.3, -0.25) is 4.84 Å². The van der Waals surface area contributed by atoms with Crippen LogP contribution in [-0.2, 0) is 30.5 Å². The molecule has 1 aromatic carbocycles. The number of hydrogen-bond acceptors (Lipinski definition) is 6. The number of benzene rings is 1. The normalized spacial score (nSPS) is 21.1. The first-order valence-electron chi connectivity index (χ1n) is 8.80. The molecule has 1 aromatic rings. The zero-order valence-corrected chi connectivity index (χ0v) is 14.9. The Morgan fingerprint density at radius 3 is 2.70 bits per heavy atom. The van der Waals surface area contributed by atoms with E-state index < -0.39 is 24.0 Å². The Balaban J connectivity index is 1.53. The first-order chi connectivity index (χ1) is 13.1. The van der Waals surface area contributed by atoms with Gasteiger partial charge in [0, 0.05) is 6.54 Å². The van der Waals surface area contributed by atoms with Crippen LogP contribution in [0.1, 0.15) is 18.4 Å². The molecular formula is C19H22N2O6. The van der Waals surface area contributed by atoms with Crippen molar-refractivity contribution < 1.29 is 28.7 Å². The van der Waals surface area contributed by atoms with Crippen LogP contribution < -0.4 is 0 Å². The average Bonchev–Trinajstić information content (AvgIpc) is 2.93. The standard InChI is InChI=1S/C19H22N2O6/c1-2-10-25-17(22)13-27-21-15-8-9-16(20(11-15)19(21)24)18(23)26-12-14-6-4-3-5-7-14/h2-7,15-16H,1,8-13H2/t15-,16+/m0/s1. The van der Waals surface area contributed by atoms with Gasteiger partial charge >= 0.3 is 18.0 Å². The van der Waals surface area contributed by atoms with Crippen molar-refractivity contribution in [2.24, 2.45) is 0 Å². The second kappa shape index (κ2) is 8.68. The molecule has 2 fully saturated rings. The van der Waals surface area contributed by atoms with E-state index in [9.17, 15) is 14.4 Å². The van der Waals surface area contributed by atoms with Gasteiger partial charge in [-0.05, 0) is 18.4 Å². The minimum Gasteiger partial charge on any atom is -0.460 e. The Labute approximate surface area is 157 Å². The zero-order valence-electron chi connectivity index (χ0n) is 14.9. The first kappa shape index (κ1) is 18.9. The smallest absolute Gasteiger partial charge is 0.345 e. The van der Waals surface area contributed by atoms with Crippen LogP contribution in [-0.4, -0.2) is 59.8 Å². The third kappa shape index (κ3) is 4.46. The van der Waals surface area contributed by atoms with Crippen LogP contribution >= 0.6 is 0 Å². The summed E-state index contributed by atoms with van der Waals surface area (Å²) < 4.78 is 10.2. The lowest BCUT2D eigenvalue weighted by Gasteiger charge is -2.28. The summed E-state index contributed by atoms with van der Waals surface area (Å²) in [5, 5.41) is 1.17. The molecule has 2 saturated heterocycles. The SMILES string of the molecule is C=CCOC(=O)CON1C(=O)N2C[C@@H]1CC[C@@H]2C(=O)OCc1ccccc1. The summed E-state index contributed by atoms with van der Waals surface area (Å²) in [7, 11) is 0. The van der Waals surface area contributed by atoms with Crippen LogP contribution in [0.25, 0.3) is 0 Å². The second-order valence-corrected chi connectivity index (χ2v) is 6.35. The number of hydroxylamine groups is 2. The highest BCUT2D eigenvalue weighted by atomic mass is 16.7. The monoisotopic (exact) mass is 374 g/mol. The van der Waals surface area contributed by atoms with Crippen molar-refractivity contribution in [2.45, 2.75) is 31.5 Å². The molecule has 0 aromatic heterocycles. The van der Waals surface area contributed by atoms with Crippen molar-refractivity contribution in [2.75, 3.05) is 19.8 Å². The number of esters is 2. The summed E-state index contributed by atoms with van der Waals surface area (Å²) in [5.41, 5.74) is 0.885. The molecule has 0 spiro atoms. The van der Waals surface area contributed by atoms with Crippen molar-refractivity contribution in [3.8, 4) is 0 Å². The molecule has 2 aliphatic rings. The summed E-state index contributed by atoms with van der Waals surface area (Å²) in [4.78, 5) is 43.3. The van der Waals surface area contributed by atoms with E-state index in [2.05, 4.69) is 6.58 Å². The van der Waals surface area contributed by atoms with Crippen LogP contribution in [0, 0.1) is 0 Å². The zero-order chi connectivity index (χ0) is 19.2. The third-order valence-electron chi connectivity index (χ3n) is 4.50. The summed E-state index contributed by atoms with van der Waals surface area (Å²) in [6.07, 6.45) is 2.53. The minimum absolute atomic E-state index is 0.0843. The average molecular weight is 374 g/mol. The van der Waals surface area contributed by atoms with Gasteiger partial charge in [0.05, 0.1) is 6.04 Å². The number of piperidine rings is 1. The van der Waals surface area contributed by atoms with Gasteiger partial charge in [-0.1, -0.05) is 43.0 Å². The van der Waals surface area contributed by atoms with E-state index in [-0.39, 0.29) is 25.9 Å². The Bertz CT molecular complexity index is 707. The molecule has 0 N–H and O–H groups in total. The highest BCUT2D eigenvalue weighted by molar-refractivity contribution is 5.85. The molecular weight excluding hydrogens is 352 g/mol. The molecule has 27 heavy (non-hydrogen) atoms. The maximum atomic E-state index is 12.6. The summed E-state index contributed by atoms with van der Waals surface area (Å²) in [6, 6.07) is 8.09. The van der Waals surface area contributed by atoms with E-state index in [0.717, 1.165) is 5.56 Å². The van der Waals surface area contributed by atoms with Crippen LogP contribution in [0.5, 0.6) is 0 Å². The van der Waals surface area contributed by atoms with Gasteiger partial charge in [0.1, 0.15) is 19.3 Å².